The average molecular weight is 231 g/mol. The molecule has 7 heteroatoms. The second-order valence-electron chi connectivity index (χ2n) is 3.80. The molecule has 1 amide bonds. The lowest BCUT2D eigenvalue weighted by atomic mass is 10.0. The predicted octanol–water partition coefficient (Wildman–Crippen LogP) is -0.950. The van der Waals surface area contributed by atoms with Crippen LogP contribution in [0.3, 0.4) is 0 Å². The quantitative estimate of drug-likeness (QED) is 0.663. The Morgan fingerprint density at radius 1 is 1.60 bits per heavy atom. The van der Waals surface area contributed by atoms with Crippen LogP contribution in [0.5, 0.6) is 0 Å². The van der Waals surface area contributed by atoms with E-state index in [1.165, 1.54) is 13.8 Å². The van der Waals surface area contributed by atoms with E-state index in [1.54, 1.807) is 6.07 Å². The molecule has 1 N–H and O–H groups in total. The van der Waals surface area contributed by atoms with E-state index in [-0.39, 0.29) is 19.0 Å². The van der Waals surface area contributed by atoms with Crippen LogP contribution < -0.4 is 5.32 Å². The number of rotatable bonds is 2. The van der Waals surface area contributed by atoms with E-state index in [4.69, 9.17) is 5.26 Å². The lowest BCUT2D eigenvalue weighted by Gasteiger charge is -2.39. The van der Waals surface area contributed by atoms with Crippen LogP contribution in [0.2, 0.25) is 0 Å². The topological polar surface area (TPSA) is 90.3 Å². The molecular formula is C8H13N3O3S. The summed E-state index contributed by atoms with van der Waals surface area (Å²) in [4.78, 5) is 11.5. The van der Waals surface area contributed by atoms with E-state index in [1.807, 2.05) is 0 Å². The van der Waals surface area contributed by atoms with E-state index < -0.39 is 21.3 Å². The first-order valence-corrected chi connectivity index (χ1v) is 6.09. The minimum Gasteiger partial charge on any atom is -0.353 e. The van der Waals surface area contributed by atoms with Crippen molar-refractivity contribution < 1.29 is 13.2 Å². The second kappa shape index (κ2) is 3.79. The SMILES string of the molecule is CC1(C)C(=O)NCCN1S(=O)(=O)CC#N. The predicted molar refractivity (Wildman–Crippen MR) is 53.2 cm³/mol. The highest BCUT2D eigenvalue weighted by Crippen LogP contribution is 2.21. The highest BCUT2D eigenvalue weighted by Gasteiger charge is 2.43. The Morgan fingerprint density at radius 2 is 2.20 bits per heavy atom. The zero-order valence-electron chi connectivity index (χ0n) is 8.65. The van der Waals surface area contributed by atoms with Gasteiger partial charge in [0.05, 0.1) is 6.07 Å². The number of hydrogen-bond donors (Lipinski definition) is 1. The molecule has 0 aromatic heterocycles. The Bertz CT molecular complexity index is 407. The van der Waals surface area contributed by atoms with Gasteiger partial charge in [0.2, 0.25) is 15.9 Å². The Balaban J connectivity index is 3.05. The van der Waals surface area contributed by atoms with Crippen molar-refractivity contribution in [1.82, 2.24) is 9.62 Å². The van der Waals surface area contributed by atoms with Crippen LogP contribution in [0, 0.1) is 11.3 Å². The number of nitrogens with zero attached hydrogens (tertiary/aromatic N) is 2. The fraction of sp³-hybridized carbons (Fsp3) is 0.750. The van der Waals surface area contributed by atoms with Crippen LogP contribution in [-0.2, 0) is 14.8 Å². The molecule has 84 valence electrons. The van der Waals surface area contributed by atoms with Crippen molar-refractivity contribution >= 4 is 15.9 Å². The molecular weight excluding hydrogens is 218 g/mol. The fourth-order valence-electron chi connectivity index (χ4n) is 1.53. The lowest BCUT2D eigenvalue weighted by molar-refractivity contribution is -0.131. The number of sulfonamides is 1. The zero-order chi connectivity index (χ0) is 11.7. The Hall–Kier alpha value is -1.13. The van der Waals surface area contributed by atoms with Gasteiger partial charge in [-0.15, -0.1) is 0 Å². The monoisotopic (exact) mass is 231 g/mol. The van der Waals surface area contributed by atoms with Gasteiger partial charge in [-0.3, -0.25) is 4.79 Å². The van der Waals surface area contributed by atoms with Crippen molar-refractivity contribution in [2.45, 2.75) is 19.4 Å². The summed E-state index contributed by atoms with van der Waals surface area (Å²) >= 11 is 0. The highest BCUT2D eigenvalue weighted by atomic mass is 32.2. The third kappa shape index (κ3) is 2.11. The third-order valence-corrected chi connectivity index (χ3v) is 4.17. The van der Waals surface area contributed by atoms with E-state index in [0.717, 1.165) is 4.31 Å². The largest absolute Gasteiger partial charge is 0.353 e. The first-order chi connectivity index (χ1) is 6.82. The van der Waals surface area contributed by atoms with Crippen molar-refractivity contribution in [1.29, 1.82) is 5.26 Å². The normalized spacial score (nSPS) is 21.8. The van der Waals surface area contributed by atoms with Gasteiger partial charge in [-0.05, 0) is 13.8 Å². The van der Waals surface area contributed by atoms with Crippen molar-refractivity contribution in [3.63, 3.8) is 0 Å². The molecule has 0 spiro atoms. The molecule has 15 heavy (non-hydrogen) atoms. The van der Waals surface area contributed by atoms with Gasteiger partial charge in [-0.2, -0.15) is 9.57 Å². The van der Waals surface area contributed by atoms with E-state index >= 15 is 0 Å². The molecule has 6 nitrogen and oxygen atoms in total. The summed E-state index contributed by atoms with van der Waals surface area (Å²) in [7, 11) is -3.66. The molecule has 0 aromatic rings. The third-order valence-electron chi connectivity index (χ3n) is 2.36. The molecule has 1 aliphatic rings. The molecule has 0 saturated carbocycles. The van der Waals surface area contributed by atoms with Gasteiger partial charge in [-0.1, -0.05) is 0 Å². The van der Waals surface area contributed by atoms with Gasteiger partial charge in [0.1, 0.15) is 5.54 Å². The molecule has 0 aliphatic carbocycles. The Kier molecular flexibility index (Phi) is 3.02. The summed E-state index contributed by atoms with van der Waals surface area (Å²) in [6.07, 6.45) is 0. The molecule has 0 bridgehead atoms. The number of hydrogen-bond acceptors (Lipinski definition) is 4. The number of nitrogens with one attached hydrogen (secondary N) is 1. The average Bonchev–Trinajstić information content (AvgIpc) is 2.09. The number of carbonyl (C=O) groups excluding carboxylic acids is 1. The standard InChI is InChI=1S/C8H13N3O3S/c1-8(2)7(12)10-4-5-11(8)15(13,14)6-3-9/h4-6H2,1-2H3,(H,10,12). The summed E-state index contributed by atoms with van der Waals surface area (Å²) in [6.45, 7) is 3.54. The zero-order valence-corrected chi connectivity index (χ0v) is 9.47. The van der Waals surface area contributed by atoms with Gasteiger partial charge >= 0.3 is 0 Å². The molecule has 1 fully saturated rings. The van der Waals surface area contributed by atoms with Crippen LogP contribution in [0.4, 0.5) is 0 Å². The molecule has 1 saturated heterocycles. The van der Waals surface area contributed by atoms with Crippen LogP contribution >= 0.6 is 0 Å². The first-order valence-electron chi connectivity index (χ1n) is 4.48. The van der Waals surface area contributed by atoms with Crippen molar-refractivity contribution in [2.24, 2.45) is 0 Å². The molecule has 0 aromatic carbocycles. The first kappa shape index (κ1) is 11.9. The molecule has 0 radical (unpaired) electrons. The number of piperazine rings is 1. The summed E-state index contributed by atoms with van der Waals surface area (Å²) < 4.78 is 24.4. The number of amides is 1. The molecule has 1 aliphatic heterocycles. The van der Waals surface area contributed by atoms with Crippen molar-refractivity contribution in [3.05, 3.63) is 0 Å². The molecule has 1 heterocycles. The second-order valence-corrected chi connectivity index (χ2v) is 5.69. The smallest absolute Gasteiger partial charge is 0.241 e. The van der Waals surface area contributed by atoms with Gasteiger partial charge < -0.3 is 5.32 Å². The summed E-state index contributed by atoms with van der Waals surface area (Å²) in [6, 6.07) is 1.60. The summed E-state index contributed by atoms with van der Waals surface area (Å²) in [5, 5.41) is 11.0. The minimum absolute atomic E-state index is 0.211. The fourth-order valence-corrected chi connectivity index (χ4v) is 2.99. The van der Waals surface area contributed by atoms with Crippen LogP contribution in [0.1, 0.15) is 13.8 Å². The molecule has 1 rings (SSSR count). The Morgan fingerprint density at radius 3 is 2.73 bits per heavy atom. The molecule has 0 atom stereocenters. The van der Waals surface area contributed by atoms with Gasteiger partial charge in [-0.25, -0.2) is 8.42 Å². The van der Waals surface area contributed by atoms with Gasteiger partial charge in [0.25, 0.3) is 0 Å². The summed E-state index contributed by atoms with van der Waals surface area (Å²) in [5.41, 5.74) is -1.12. The molecule has 0 unspecified atom stereocenters. The van der Waals surface area contributed by atoms with Gasteiger partial charge in [0.15, 0.2) is 5.75 Å². The maximum absolute atomic E-state index is 11.7. The number of carbonyl (C=O) groups is 1. The summed E-state index contributed by atoms with van der Waals surface area (Å²) in [5.74, 6) is -0.931. The maximum Gasteiger partial charge on any atom is 0.241 e. The minimum atomic E-state index is -3.66. The Labute approximate surface area is 88.9 Å². The van der Waals surface area contributed by atoms with Crippen LogP contribution in [0.25, 0.3) is 0 Å². The van der Waals surface area contributed by atoms with E-state index in [0.29, 0.717) is 0 Å². The number of nitriles is 1. The van der Waals surface area contributed by atoms with Crippen molar-refractivity contribution in [2.75, 3.05) is 18.8 Å². The van der Waals surface area contributed by atoms with Crippen LogP contribution in [-0.4, -0.2) is 43.0 Å². The van der Waals surface area contributed by atoms with E-state index in [2.05, 4.69) is 5.32 Å². The lowest BCUT2D eigenvalue weighted by Crippen LogP contribution is -2.63. The van der Waals surface area contributed by atoms with Gasteiger partial charge in [0, 0.05) is 13.1 Å². The van der Waals surface area contributed by atoms with Crippen LogP contribution in [0.15, 0.2) is 0 Å². The highest BCUT2D eigenvalue weighted by molar-refractivity contribution is 7.89. The maximum atomic E-state index is 11.7. The van der Waals surface area contributed by atoms with Crippen molar-refractivity contribution in [3.8, 4) is 6.07 Å². The van der Waals surface area contributed by atoms with E-state index in [9.17, 15) is 13.2 Å².